The van der Waals surface area contributed by atoms with Crippen LogP contribution in [0.3, 0.4) is 0 Å². The summed E-state index contributed by atoms with van der Waals surface area (Å²) in [5, 5.41) is 0. The standard InChI is InChI=1S/C25H17BrF2O/c26-23-13-10-20(14-25(23)28)18-6-8-19(9-7-18)22-12-11-21(15-24(22)27)29-16-17-4-2-1-3-5-17/h1-15H,16H2. The van der Waals surface area contributed by atoms with Gasteiger partial charge >= 0.3 is 0 Å². The van der Waals surface area contributed by atoms with Crippen LogP contribution in [0.1, 0.15) is 5.56 Å². The van der Waals surface area contributed by atoms with Crippen molar-refractivity contribution in [1.82, 2.24) is 0 Å². The second kappa shape index (κ2) is 8.58. The molecule has 4 aromatic rings. The van der Waals surface area contributed by atoms with Crippen molar-refractivity contribution in [1.29, 1.82) is 0 Å². The van der Waals surface area contributed by atoms with Gasteiger partial charge in [-0.25, -0.2) is 8.78 Å². The van der Waals surface area contributed by atoms with E-state index in [1.54, 1.807) is 18.2 Å². The van der Waals surface area contributed by atoms with Gasteiger partial charge in [0.05, 0.1) is 4.47 Å². The average Bonchev–Trinajstić information content (AvgIpc) is 2.75. The molecule has 4 aromatic carbocycles. The molecule has 0 fully saturated rings. The van der Waals surface area contributed by atoms with E-state index in [1.807, 2.05) is 60.7 Å². The third kappa shape index (κ3) is 4.54. The van der Waals surface area contributed by atoms with Gasteiger partial charge in [0.25, 0.3) is 0 Å². The summed E-state index contributed by atoms with van der Waals surface area (Å²) < 4.78 is 34.5. The molecule has 0 spiro atoms. The van der Waals surface area contributed by atoms with Crippen LogP contribution in [0.5, 0.6) is 5.75 Å². The first kappa shape index (κ1) is 19.3. The molecule has 0 heterocycles. The lowest BCUT2D eigenvalue weighted by molar-refractivity contribution is 0.304. The Balaban J connectivity index is 1.51. The van der Waals surface area contributed by atoms with E-state index in [-0.39, 0.29) is 11.6 Å². The van der Waals surface area contributed by atoms with E-state index >= 15 is 0 Å². The molecule has 0 bridgehead atoms. The summed E-state index contributed by atoms with van der Waals surface area (Å²) in [6, 6.07) is 27.0. The maximum Gasteiger partial charge on any atom is 0.137 e. The van der Waals surface area contributed by atoms with Gasteiger partial charge in [0.2, 0.25) is 0 Å². The summed E-state index contributed by atoms with van der Waals surface area (Å²) in [6.45, 7) is 0.387. The SMILES string of the molecule is Fc1cc(-c2ccc(-c3ccc(OCc4ccccc4)cc3F)cc2)ccc1Br. The molecule has 144 valence electrons. The Kier molecular flexibility index (Phi) is 5.72. The van der Waals surface area contributed by atoms with Gasteiger partial charge < -0.3 is 4.74 Å². The van der Waals surface area contributed by atoms with Gasteiger partial charge in [-0.2, -0.15) is 0 Å². The van der Waals surface area contributed by atoms with Crippen LogP contribution in [0, 0.1) is 11.6 Å². The fourth-order valence-corrected chi connectivity index (χ4v) is 3.33. The van der Waals surface area contributed by atoms with Gasteiger partial charge in [0, 0.05) is 11.6 Å². The highest BCUT2D eigenvalue weighted by Gasteiger charge is 2.09. The molecule has 0 aliphatic heterocycles. The summed E-state index contributed by atoms with van der Waals surface area (Å²) in [7, 11) is 0. The van der Waals surface area contributed by atoms with Crippen molar-refractivity contribution < 1.29 is 13.5 Å². The minimum Gasteiger partial charge on any atom is -0.489 e. The van der Waals surface area contributed by atoms with Crippen LogP contribution in [0.25, 0.3) is 22.3 Å². The van der Waals surface area contributed by atoms with Gasteiger partial charge in [-0.3, -0.25) is 0 Å². The second-order valence-corrected chi connectivity index (χ2v) is 7.48. The Morgan fingerprint density at radius 1 is 0.655 bits per heavy atom. The molecule has 29 heavy (non-hydrogen) atoms. The number of hydrogen-bond donors (Lipinski definition) is 0. The number of rotatable bonds is 5. The van der Waals surface area contributed by atoms with Crippen LogP contribution >= 0.6 is 15.9 Å². The van der Waals surface area contributed by atoms with Crippen LogP contribution in [0.2, 0.25) is 0 Å². The van der Waals surface area contributed by atoms with Gasteiger partial charge in [0.15, 0.2) is 0 Å². The first-order chi connectivity index (χ1) is 14.1. The molecule has 0 amide bonds. The van der Waals surface area contributed by atoms with Gasteiger partial charge in [-0.1, -0.05) is 60.7 Å². The summed E-state index contributed by atoms with van der Waals surface area (Å²) in [6.07, 6.45) is 0. The zero-order valence-corrected chi connectivity index (χ0v) is 17.0. The maximum absolute atomic E-state index is 14.6. The molecule has 0 saturated heterocycles. The Hall–Kier alpha value is -2.98. The molecule has 4 rings (SSSR count). The van der Waals surface area contributed by atoms with E-state index in [1.165, 1.54) is 12.1 Å². The monoisotopic (exact) mass is 450 g/mol. The molecule has 0 aliphatic rings. The van der Waals surface area contributed by atoms with Crippen molar-refractivity contribution in [2.24, 2.45) is 0 Å². The fourth-order valence-electron chi connectivity index (χ4n) is 3.08. The van der Waals surface area contributed by atoms with Gasteiger partial charge in [0.1, 0.15) is 24.0 Å². The molecule has 0 saturated carbocycles. The molecule has 0 N–H and O–H groups in total. The zero-order valence-electron chi connectivity index (χ0n) is 15.4. The van der Waals surface area contributed by atoms with E-state index in [0.29, 0.717) is 22.4 Å². The third-order valence-electron chi connectivity index (χ3n) is 4.64. The normalized spacial score (nSPS) is 10.7. The van der Waals surface area contributed by atoms with Crippen molar-refractivity contribution >= 4 is 15.9 Å². The highest BCUT2D eigenvalue weighted by atomic mass is 79.9. The summed E-state index contributed by atoms with van der Waals surface area (Å²) in [4.78, 5) is 0. The largest absolute Gasteiger partial charge is 0.489 e. The van der Waals surface area contributed by atoms with Crippen LogP contribution < -0.4 is 4.74 Å². The average molecular weight is 451 g/mol. The molecular formula is C25H17BrF2O. The van der Waals surface area contributed by atoms with Crippen molar-refractivity contribution in [2.45, 2.75) is 6.61 Å². The number of halogens is 3. The Morgan fingerprint density at radius 3 is 2.03 bits per heavy atom. The number of benzene rings is 4. The van der Waals surface area contributed by atoms with E-state index in [2.05, 4.69) is 15.9 Å². The highest BCUT2D eigenvalue weighted by Crippen LogP contribution is 2.30. The minimum atomic E-state index is -0.349. The fraction of sp³-hybridized carbons (Fsp3) is 0.0400. The first-order valence-electron chi connectivity index (χ1n) is 9.12. The quantitative estimate of drug-likeness (QED) is 0.303. The molecule has 1 nitrogen and oxygen atoms in total. The third-order valence-corrected chi connectivity index (χ3v) is 5.28. The molecular weight excluding hydrogens is 434 g/mol. The number of ether oxygens (including phenoxy) is 1. The van der Waals surface area contributed by atoms with Crippen LogP contribution in [0.15, 0.2) is 95.5 Å². The van der Waals surface area contributed by atoms with E-state index < -0.39 is 0 Å². The van der Waals surface area contributed by atoms with Gasteiger partial charge in [-0.05, 0) is 62.4 Å². The van der Waals surface area contributed by atoms with E-state index in [4.69, 9.17) is 4.74 Å². The topological polar surface area (TPSA) is 9.23 Å². The molecule has 0 unspecified atom stereocenters. The lowest BCUT2D eigenvalue weighted by Crippen LogP contribution is -1.96. The van der Waals surface area contributed by atoms with Crippen molar-refractivity contribution in [3.05, 3.63) is 113 Å². The van der Waals surface area contributed by atoms with Crippen molar-refractivity contribution in [3.63, 3.8) is 0 Å². The zero-order chi connectivity index (χ0) is 20.2. The predicted octanol–water partition coefficient (Wildman–Crippen LogP) is 7.64. The first-order valence-corrected chi connectivity index (χ1v) is 9.91. The van der Waals surface area contributed by atoms with Gasteiger partial charge in [-0.15, -0.1) is 0 Å². The smallest absolute Gasteiger partial charge is 0.137 e. The lowest BCUT2D eigenvalue weighted by atomic mass is 10.00. The molecule has 0 aromatic heterocycles. The highest BCUT2D eigenvalue weighted by molar-refractivity contribution is 9.10. The Labute approximate surface area is 176 Å². The molecule has 4 heteroatoms. The Morgan fingerprint density at radius 2 is 1.34 bits per heavy atom. The lowest BCUT2D eigenvalue weighted by Gasteiger charge is -2.10. The van der Waals surface area contributed by atoms with Crippen LogP contribution in [0.4, 0.5) is 8.78 Å². The van der Waals surface area contributed by atoms with Crippen molar-refractivity contribution in [2.75, 3.05) is 0 Å². The van der Waals surface area contributed by atoms with E-state index in [0.717, 1.165) is 22.3 Å². The van der Waals surface area contributed by atoms with Crippen molar-refractivity contribution in [3.8, 4) is 28.0 Å². The molecule has 0 radical (unpaired) electrons. The predicted molar refractivity (Wildman–Crippen MR) is 116 cm³/mol. The second-order valence-electron chi connectivity index (χ2n) is 6.62. The van der Waals surface area contributed by atoms with Crippen LogP contribution in [-0.4, -0.2) is 0 Å². The maximum atomic E-state index is 14.6. The molecule has 0 atom stereocenters. The molecule has 0 aliphatic carbocycles. The minimum absolute atomic E-state index is 0.316. The van der Waals surface area contributed by atoms with Crippen LogP contribution in [-0.2, 0) is 6.61 Å². The number of hydrogen-bond acceptors (Lipinski definition) is 1. The summed E-state index contributed by atoms with van der Waals surface area (Å²) in [5.41, 5.74) is 3.90. The summed E-state index contributed by atoms with van der Waals surface area (Å²) >= 11 is 3.16. The summed E-state index contributed by atoms with van der Waals surface area (Å²) in [5.74, 6) is -0.182. The van der Waals surface area contributed by atoms with E-state index in [9.17, 15) is 8.78 Å². The Bertz CT molecular complexity index is 1130.